The monoisotopic (exact) mass is 339 g/mol. The number of hydrogen-bond acceptors (Lipinski definition) is 6. The van der Waals surface area contributed by atoms with Crippen LogP contribution in [0.2, 0.25) is 0 Å². The van der Waals surface area contributed by atoms with Gasteiger partial charge in [-0.2, -0.15) is 19.7 Å². The van der Waals surface area contributed by atoms with Crippen molar-refractivity contribution in [2.75, 3.05) is 5.32 Å². The van der Waals surface area contributed by atoms with E-state index in [-0.39, 0.29) is 11.6 Å². The fraction of sp³-hybridized carbons (Fsp3) is 0.471. The van der Waals surface area contributed by atoms with Crippen molar-refractivity contribution in [2.24, 2.45) is 0 Å². The van der Waals surface area contributed by atoms with Crippen LogP contribution in [0.15, 0.2) is 29.3 Å². The SMILES string of the molecule is Cc1cc(NC2CCC(n3nc(C)ccc3=O)CC2)n2ncnc2n1. The third kappa shape index (κ3) is 3.11. The van der Waals surface area contributed by atoms with Crippen LogP contribution >= 0.6 is 0 Å². The summed E-state index contributed by atoms with van der Waals surface area (Å²) in [6, 6.07) is 5.87. The van der Waals surface area contributed by atoms with Crippen molar-refractivity contribution in [1.82, 2.24) is 29.4 Å². The minimum absolute atomic E-state index is 0.0175. The highest BCUT2D eigenvalue weighted by Crippen LogP contribution is 2.29. The molecule has 1 aliphatic rings. The molecule has 0 aliphatic heterocycles. The zero-order valence-electron chi connectivity index (χ0n) is 14.4. The number of hydrogen-bond donors (Lipinski definition) is 1. The summed E-state index contributed by atoms with van der Waals surface area (Å²) in [5.74, 6) is 1.51. The Labute approximate surface area is 144 Å². The van der Waals surface area contributed by atoms with Crippen molar-refractivity contribution in [3.63, 3.8) is 0 Å². The standard InChI is InChI=1S/C17H21N7O/c1-11-3-8-16(25)23(22-11)14-6-4-13(5-7-14)21-15-9-12(2)20-17-18-10-19-24(15)17/h3,8-10,13-14,21H,4-7H2,1-2H3. The molecule has 0 unspecified atom stereocenters. The molecule has 8 heteroatoms. The Morgan fingerprint density at radius 1 is 1.12 bits per heavy atom. The highest BCUT2D eigenvalue weighted by atomic mass is 16.1. The molecule has 3 heterocycles. The molecule has 0 bridgehead atoms. The molecule has 1 fully saturated rings. The van der Waals surface area contributed by atoms with Gasteiger partial charge in [-0.3, -0.25) is 4.79 Å². The summed E-state index contributed by atoms with van der Waals surface area (Å²) in [7, 11) is 0. The van der Waals surface area contributed by atoms with Crippen molar-refractivity contribution >= 4 is 11.6 Å². The minimum atomic E-state index is -0.0175. The molecule has 0 atom stereocenters. The lowest BCUT2D eigenvalue weighted by molar-refractivity contribution is 0.302. The lowest BCUT2D eigenvalue weighted by Crippen LogP contribution is -2.33. The first-order valence-electron chi connectivity index (χ1n) is 8.60. The van der Waals surface area contributed by atoms with Gasteiger partial charge in [0.25, 0.3) is 11.3 Å². The molecule has 1 saturated carbocycles. The second kappa shape index (κ2) is 6.27. The lowest BCUT2D eigenvalue weighted by Gasteiger charge is -2.30. The van der Waals surface area contributed by atoms with Crippen molar-refractivity contribution in [1.29, 1.82) is 0 Å². The molecule has 4 rings (SSSR count). The zero-order chi connectivity index (χ0) is 17.4. The number of anilines is 1. The van der Waals surface area contributed by atoms with Crippen LogP contribution in [0.3, 0.4) is 0 Å². The molecule has 1 N–H and O–H groups in total. The molecule has 0 saturated heterocycles. The average molecular weight is 339 g/mol. The molecule has 3 aromatic heterocycles. The molecule has 0 aromatic carbocycles. The summed E-state index contributed by atoms with van der Waals surface area (Å²) < 4.78 is 3.38. The Morgan fingerprint density at radius 3 is 2.72 bits per heavy atom. The highest BCUT2D eigenvalue weighted by molar-refractivity contribution is 5.45. The van der Waals surface area contributed by atoms with Gasteiger partial charge in [-0.05, 0) is 45.6 Å². The van der Waals surface area contributed by atoms with E-state index >= 15 is 0 Å². The molecule has 8 nitrogen and oxygen atoms in total. The lowest BCUT2D eigenvalue weighted by atomic mass is 9.91. The molecular weight excluding hydrogens is 318 g/mol. The van der Waals surface area contributed by atoms with Crippen molar-refractivity contribution in [2.45, 2.75) is 51.6 Å². The van der Waals surface area contributed by atoms with Crippen LogP contribution in [0, 0.1) is 13.8 Å². The average Bonchev–Trinajstić information content (AvgIpc) is 3.06. The van der Waals surface area contributed by atoms with Gasteiger partial charge in [-0.25, -0.2) is 9.67 Å². The van der Waals surface area contributed by atoms with E-state index in [1.54, 1.807) is 21.3 Å². The van der Waals surface area contributed by atoms with Gasteiger partial charge in [0, 0.05) is 23.9 Å². The number of nitrogens with one attached hydrogen (secondary N) is 1. The molecular formula is C17H21N7O. The van der Waals surface area contributed by atoms with E-state index in [2.05, 4.69) is 25.5 Å². The van der Waals surface area contributed by atoms with E-state index in [0.717, 1.165) is 42.9 Å². The van der Waals surface area contributed by atoms with Gasteiger partial charge >= 0.3 is 0 Å². The van der Waals surface area contributed by atoms with E-state index in [1.807, 2.05) is 19.9 Å². The van der Waals surface area contributed by atoms with Gasteiger partial charge in [0.15, 0.2) is 0 Å². The molecule has 0 amide bonds. The summed E-state index contributed by atoms with van der Waals surface area (Å²) in [6.07, 6.45) is 5.32. The summed E-state index contributed by atoms with van der Waals surface area (Å²) >= 11 is 0. The van der Waals surface area contributed by atoms with Gasteiger partial charge in [0.1, 0.15) is 12.1 Å². The maximum atomic E-state index is 12.1. The predicted octanol–water partition coefficient (Wildman–Crippen LogP) is 1.89. The Hall–Kier alpha value is -2.77. The van der Waals surface area contributed by atoms with Crippen molar-refractivity contribution < 1.29 is 0 Å². The normalized spacial score (nSPS) is 20.7. The van der Waals surface area contributed by atoms with E-state index in [0.29, 0.717) is 11.8 Å². The smallest absolute Gasteiger partial charge is 0.267 e. The summed E-state index contributed by atoms with van der Waals surface area (Å²) in [5.41, 5.74) is 1.77. The van der Waals surface area contributed by atoms with Crippen LogP contribution in [-0.2, 0) is 0 Å². The van der Waals surface area contributed by atoms with Crippen LogP contribution < -0.4 is 10.9 Å². The molecule has 0 radical (unpaired) electrons. The van der Waals surface area contributed by atoms with E-state index in [4.69, 9.17) is 0 Å². The largest absolute Gasteiger partial charge is 0.367 e. The molecule has 25 heavy (non-hydrogen) atoms. The number of rotatable bonds is 3. The predicted molar refractivity (Wildman–Crippen MR) is 93.7 cm³/mol. The minimum Gasteiger partial charge on any atom is -0.367 e. The first-order chi connectivity index (χ1) is 12.1. The third-order valence-electron chi connectivity index (χ3n) is 4.73. The van der Waals surface area contributed by atoms with Gasteiger partial charge in [0.05, 0.1) is 11.7 Å². The van der Waals surface area contributed by atoms with E-state index in [9.17, 15) is 4.79 Å². The van der Waals surface area contributed by atoms with Crippen LogP contribution in [0.4, 0.5) is 5.82 Å². The second-order valence-corrected chi connectivity index (χ2v) is 6.66. The van der Waals surface area contributed by atoms with Gasteiger partial charge in [-0.1, -0.05) is 0 Å². The Morgan fingerprint density at radius 2 is 1.92 bits per heavy atom. The summed E-state index contributed by atoms with van der Waals surface area (Å²) in [5, 5.41) is 12.2. The summed E-state index contributed by atoms with van der Waals surface area (Å²) in [6.45, 7) is 3.87. The number of fused-ring (bicyclic) bond motifs is 1. The maximum absolute atomic E-state index is 12.1. The quantitative estimate of drug-likeness (QED) is 0.784. The number of aryl methyl sites for hydroxylation is 2. The fourth-order valence-corrected chi connectivity index (χ4v) is 3.49. The Kier molecular flexibility index (Phi) is 3.95. The number of nitrogens with zero attached hydrogens (tertiary/aromatic N) is 6. The molecule has 130 valence electrons. The summed E-state index contributed by atoms with van der Waals surface area (Å²) in [4.78, 5) is 20.6. The molecule has 0 spiro atoms. The number of aromatic nitrogens is 6. The highest BCUT2D eigenvalue weighted by Gasteiger charge is 2.24. The van der Waals surface area contributed by atoms with Crippen molar-refractivity contribution in [3.8, 4) is 0 Å². The van der Waals surface area contributed by atoms with Gasteiger partial charge < -0.3 is 5.32 Å². The van der Waals surface area contributed by atoms with Crippen LogP contribution in [-0.4, -0.2) is 35.4 Å². The van der Waals surface area contributed by atoms with Crippen LogP contribution in [0.1, 0.15) is 43.1 Å². The maximum Gasteiger partial charge on any atom is 0.267 e. The van der Waals surface area contributed by atoms with Gasteiger partial charge in [0.2, 0.25) is 0 Å². The molecule has 1 aliphatic carbocycles. The first kappa shape index (κ1) is 15.7. The Balaban J connectivity index is 1.48. The first-order valence-corrected chi connectivity index (χ1v) is 8.60. The zero-order valence-corrected chi connectivity index (χ0v) is 14.4. The van der Waals surface area contributed by atoms with Crippen LogP contribution in [0.25, 0.3) is 5.78 Å². The van der Waals surface area contributed by atoms with E-state index < -0.39 is 0 Å². The second-order valence-electron chi connectivity index (χ2n) is 6.66. The van der Waals surface area contributed by atoms with Crippen molar-refractivity contribution in [3.05, 3.63) is 46.3 Å². The topological polar surface area (TPSA) is 90.0 Å². The third-order valence-corrected chi connectivity index (χ3v) is 4.73. The molecule has 3 aromatic rings. The fourth-order valence-electron chi connectivity index (χ4n) is 3.49. The van der Waals surface area contributed by atoms with Crippen LogP contribution in [0.5, 0.6) is 0 Å². The van der Waals surface area contributed by atoms with E-state index in [1.165, 1.54) is 6.33 Å². The van der Waals surface area contributed by atoms with Gasteiger partial charge in [-0.15, -0.1) is 0 Å². The Bertz CT molecular complexity index is 953.